The lowest BCUT2D eigenvalue weighted by Gasteiger charge is -2.32. The number of hydrogen-bond donors (Lipinski definition) is 1. The van der Waals surface area contributed by atoms with Gasteiger partial charge in [-0.2, -0.15) is 0 Å². The average molecular weight is 391 g/mol. The zero-order valence-electron chi connectivity index (χ0n) is 15.3. The maximum Gasteiger partial charge on any atom is 0.260 e. The summed E-state index contributed by atoms with van der Waals surface area (Å²) in [5.41, 5.74) is 1.10. The Morgan fingerprint density at radius 2 is 1.89 bits per heavy atom. The second kappa shape index (κ2) is 9.20. The van der Waals surface area contributed by atoms with Gasteiger partial charge in [-0.05, 0) is 49.6 Å². The van der Waals surface area contributed by atoms with Crippen LogP contribution in [0.1, 0.15) is 25.3 Å². The number of benzene rings is 2. The topological polar surface area (TPSA) is 41.6 Å². The Kier molecular flexibility index (Phi) is 6.69. The van der Waals surface area contributed by atoms with Gasteiger partial charge in [0.1, 0.15) is 11.6 Å². The van der Waals surface area contributed by atoms with Crippen molar-refractivity contribution in [1.29, 1.82) is 0 Å². The number of rotatable bonds is 6. The lowest BCUT2D eigenvalue weighted by molar-refractivity contribution is -0.128. The Morgan fingerprint density at radius 1 is 1.22 bits per heavy atom. The SMILES string of the molecule is CC(Oc1ccccc1Cl)C(=O)NC1CCN(Cc2ccc(F)cc2)CC1. The summed E-state index contributed by atoms with van der Waals surface area (Å²) in [6.45, 7) is 4.31. The molecule has 6 heteroatoms. The number of nitrogens with zero attached hydrogens (tertiary/aromatic N) is 1. The summed E-state index contributed by atoms with van der Waals surface area (Å²) >= 11 is 6.07. The van der Waals surface area contributed by atoms with Gasteiger partial charge < -0.3 is 10.1 Å². The molecule has 0 radical (unpaired) electrons. The molecule has 1 aliphatic heterocycles. The number of amides is 1. The van der Waals surface area contributed by atoms with Crippen molar-refractivity contribution in [2.24, 2.45) is 0 Å². The minimum Gasteiger partial charge on any atom is -0.479 e. The van der Waals surface area contributed by atoms with Crippen LogP contribution in [0.4, 0.5) is 4.39 Å². The molecule has 1 heterocycles. The minimum atomic E-state index is -0.609. The number of likely N-dealkylation sites (tertiary alicyclic amines) is 1. The molecular weight excluding hydrogens is 367 g/mol. The van der Waals surface area contributed by atoms with Gasteiger partial charge in [0.15, 0.2) is 6.10 Å². The van der Waals surface area contributed by atoms with Gasteiger partial charge in [0.25, 0.3) is 5.91 Å². The maximum atomic E-state index is 13.0. The summed E-state index contributed by atoms with van der Waals surface area (Å²) < 4.78 is 18.7. The first kappa shape index (κ1) is 19.6. The van der Waals surface area contributed by atoms with Crippen LogP contribution >= 0.6 is 11.6 Å². The predicted molar refractivity (Wildman–Crippen MR) is 104 cm³/mol. The Hall–Kier alpha value is -2.11. The highest BCUT2D eigenvalue weighted by molar-refractivity contribution is 6.32. The van der Waals surface area contributed by atoms with Gasteiger partial charge in [-0.1, -0.05) is 35.9 Å². The van der Waals surface area contributed by atoms with Crippen molar-refractivity contribution in [1.82, 2.24) is 10.2 Å². The van der Waals surface area contributed by atoms with Crippen molar-refractivity contribution in [2.45, 2.75) is 38.5 Å². The van der Waals surface area contributed by atoms with Crippen molar-refractivity contribution in [3.05, 3.63) is 64.9 Å². The molecule has 0 bridgehead atoms. The fourth-order valence-electron chi connectivity index (χ4n) is 3.19. The quantitative estimate of drug-likeness (QED) is 0.809. The summed E-state index contributed by atoms with van der Waals surface area (Å²) in [4.78, 5) is 14.7. The van der Waals surface area contributed by atoms with Crippen molar-refractivity contribution in [2.75, 3.05) is 13.1 Å². The molecule has 2 aromatic carbocycles. The lowest BCUT2D eigenvalue weighted by Crippen LogP contribution is -2.47. The van der Waals surface area contributed by atoms with Crippen molar-refractivity contribution >= 4 is 17.5 Å². The van der Waals surface area contributed by atoms with Gasteiger partial charge in [0.05, 0.1) is 5.02 Å². The van der Waals surface area contributed by atoms with Crippen LogP contribution in [-0.2, 0) is 11.3 Å². The van der Waals surface area contributed by atoms with Gasteiger partial charge in [-0.3, -0.25) is 9.69 Å². The van der Waals surface area contributed by atoms with Crippen LogP contribution in [-0.4, -0.2) is 36.0 Å². The van der Waals surface area contributed by atoms with E-state index < -0.39 is 6.10 Å². The summed E-state index contributed by atoms with van der Waals surface area (Å²) in [7, 11) is 0. The summed E-state index contributed by atoms with van der Waals surface area (Å²) in [6, 6.07) is 13.9. The van der Waals surface area contributed by atoms with E-state index in [2.05, 4.69) is 10.2 Å². The number of hydrogen-bond acceptors (Lipinski definition) is 3. The van der Waals surface area contributed by atoms with E-state index in [1.54, 1.807) is 19.1 Å². The van der Waals surface area contributed by atoms with Crippen LogP contribution in [0.25, 0.3) is 0 Å². The minimum absolute atomic E-state index is 0.132. The molecule has 4 nitrogen and oxygen atoms in total. The lowest BCUT2D eigenvalue weighted by atomic mass is 10.0. The average Bonchev–Trinajstić information content (AvgIpc) is 2.67. The Bertz CT molecular complexity index is 761. The number of para-hydroxylation sites is 1. The molecule has 144 valence electrons. The molecule has 0 aliphatic carbocycles. The molecule has 0 spiro atoms. The van der Waals surface area contributed by atoms with E-state index in [1.807, 2.05) is 24.3 Å². The first-order chi connectivity index (χ1) is 13.0. The Balaban J connectivity index is 1.43. The van der Waals surface area contributed by atoms with Crippen molar-refractivity contribution < 1.29 is 13.9 Å². The normalized spacial score (nSPS) is 16.7. The molecule has 2 aromatic rings. The highest BCUT2D eigenvalue weighted by Gasteiger charge is 2.24. The largest absolute Gasteiger partial charge is 0.479 e. The molecule has 3 rings (SSSR count). The van der Waals surface area contributed by atoms with Gasteiger partial charge in [0.2, 0.25) is 0 Å². The molecule has 1 aliphatic rings. The molecule has 1 unspecified atom stereocenters. The standard InChI is InChI=1S/C21H24ClFN2O2/c1-15(27-20-5-3-2-4-19(20)22)21(26)24-18-10-12-25(13-11-18)14-16-6-8-17(23)9-7-16/h2-9,15,18H,10-14H2,1H3,(H,24,26). The molecule has 1 atom stereocenters. The number of ether oxygens (including phenoxy) is 1. The molecule has 1 saturated heterocycles. The van der Waals surface area contributed by atoms with E-state index >= 15 is 0 Å². The molecule has 1 fully saturated rings. The van der Waals surface area contributed by atoms with Crippen molar-refractivity contribution in [3.8, 4) is 5.75 Å². The third kappa shape index (κ3) is 5.68. The molecular formula is C21H24ClFN2O2. The van der Waals surface area contributed by atoms with Gasteiger partial charge in [-0.15, -0.1) is 0 Å². The summed E-state index contributed by atoms with van der Waals surface area (Å²) in [5.74, 6) is 0.163. The van der Waals surface area contributed by atoms with Gasteiger partial charge in [0, 0.05) is 25.7 Å². The highest BCUT2D eigenvalue weighted by atomic mass is 35.5. The smallest absolute Gasteiger partial charge is 0.260 e. The summed E-state index contributed by atoms with van der Waals surface area (Å²) in [5, 5.41) is 3.56. The molecule has 1 amide bonds. The number of halogens is 2. The van der Waals surface area contributed by atoms with Crippen LogP contribution < -0.4 is 10.1 Å². The predicted octanol–water partition coefficient (Wildman–Crippen LogP) is 4.03. The number of nitrogens with one attached hydrogen (secondary N) is 1. The third-order valence-electron chi connectivity index (χ3n) is 4.76. The molecule has 27 heavy (non-hydrogen) atoms. The van der Waals surface area contributed by atoms with E-state index in [0.717, 1.165) is 38.0 Å². The second-order valence-electron chi connectivity index (χ2n) is 6.88. The number of carbonyl (C=O) groups excluding carboxylic acids is 1. The molecule has 0 saturated carbocycles. The fraction of sp³-hybridized carbons (Fsp3) is 0.381. The first-order valence-corrected chi connectivity index (χ1v) is 9.57. The zero-order valence-corrected chi connectivity index (χ0v) is 16.1. The van der Waals surface area contributed by atoms with Crippen LogP contribution in [0.15, 0.2) is 48.5 Å². The summed E-state index contributed by atoms with van der Waals surface area (Å²) in [6.07, 6.45) is 1.15. The molecule has 0 aromatic heterocycles. The van der Waals surface area contributed by atoms with Gasteiger partial charge >= 0.3 is 0 Å². The van der Waals surface area contributed by atoms with E-state index in [1.165, 1.54) is 12.1 Å². The fourth-order valence-corrected chi connectivity index (χ4v) is 3.37. The second-order valence-corrected chi connectivity index (χ2v) is 7.28. The van der Waals surface area contributed by atoms with Crippen LogP contribution in [0.2, 0.25) is 5.02 Å². The van der Waals surface area contributed by atoms with Crippen LogP contribution in [0, 0.1) is 5.82 Å². The van der Waals surface area contributed by atoms with Crippen LogP contribution in [0.3, 0.4) is 0 Å². The van der Waals surface area contributed by atoms with E-state index in [4.69, 9.17) is 16.3 Å². The van der Waals surface area contributed by atoms with E-state index in [-0.39, 0.29) is 17.8 Å². The van der Waals surface area contributed by atoms with E-state index in [9.17, 15) is 9.18 Å². The van der Waals surface area contributed by atoms with E-state index in [0.29, 0.717) is 10.8 Å². The third-order valence-corrected chi connectivity index (χ3v) is 5.08. The monoisotopic (exact) mass is 390 g/mol. The highest BCUT2D eigenvalue weighted by Crippen LogP contribution is 2.24. The zero-order chi connectivity index (χ0) is 19.2. The first-order valence-electron chi connectivity index (χ1n) is 9.19. The molecule has 1 N–H and O–H groups in total. The van der Waals surface area contributed by atoms with Gasteiger partial charge in [-0.25, -0.2) is 4.39 Å². The number of carbonyl (C=O) groups is 1. The van der Waals surface area contributed by atoms with Crippen LogP contribution in [0.5, 0.6) is 5.75 Å². The number of piperidine rings is 1. The maximum absolute atomic E-state index is 13.0. The Labute approximate surface area is 164 Å². The Morgan fingerprint density at radius 3 is 2.56 bits per heavy atom. The van der Waals surface area contributed by atoms with Crippen molar-refractivity contribution in [3.63, 3.8) is 0 Å².